The van der Waals surface area contributed by atoms with Gasteiger partial charge in [0, 0.05) is 13.1 Å². The van der Waals surface area contributed by atoms with E-state index < -0.39 is 0 Å². The first kappa shape index (κ1) is 9.05. The van der Waals surface area contributed by atoms with Crippen molar-refractivity contribution in [2.45, 2.75) is 12.8 Å². The SMILES string of the molecule is COc1c(N)ncnc1N1CCCC1. The molecule has 1 fully saturated rings. The molecule has 0 bridgehead atoms. The van der Waals surface area contributed by atoms with Gasteiger partial charge in [-0.25, -0.2) is 9.97 Å². The highest BCUT2D eigenvalue weighted by Crippen LogP contribution is 2.31. The van der Waals surface area contributed by atoms with Crippen molar-refractivity contribution < 1.29 is 4.74 Å². The molecular weight excluding hydrogens is 180 g/mol. The number of anilines is 2. The third-order valence-corrected chi connectivity index (χ3v) is 2.42. The van der Waals surface area contributed by atoms with E-state index in [1.54, 1.807) is 7.11 Å². The average Bonchev–Trinajstić information content (AvgIpc) is 2.70. The highest BCUT2D eigenvalue weighted by molar-refractivity contribution is 5.62. The zero-order chi connectivity index (χ0) is 9.97. The Bertz CT molecular complexity index is 323. The van der Waals surface area contributed by atoms with Crippen LogP contribution < -0.4 is 15.4 Å². The van der Waals surface area contributed by atoms with Crippen molar-refractivity contribution >= 4 is 11.6 Å². The van der Waals surface area contributed by atoms with Gasteiger partial charge in [0.15, 0.2) is 11.6 Å². The molecule has 5 nitrogen and oxygen atoms in total. The summed E-state index contributed by atoms with van der Waals surface area (Å²) in [7, 11) is 1.59. The van der Waals surface area contributed by atoms with E-state index in [0.717, 1.165) is 18.9 Å². The van der Waals surface area contributed by atoms with Crippen molar-refractivity contribution in [2.24, 2.45) is 0 Å². The molecule has 0 atom stereocenters. The first-order chi connectivity index (χ1) is 6.83. The molecule has 76 valence electrons. The van der Waals surface area contributed by atoms with Gasteiger partial charge < -0.3 is 15.4 Å². The van der Waals surface area contributed by atoms with Gasteiger partial charge in [0.1, 0.15) is 6.33 Å². The predicted molar refractivity (Wildman–Crippen MR) is 54.4 cm³/mol. The summed E-state index contributed by atoms with van der Waals surface area (Å²) in [6, 6.07) is 0. The van der Waals surface area contributed by atoms with E-state index in [0.29, 0.717) is 11.6 Å². The molecule has 2 N–H and O–H groups in total. The lowest BCUT2D eigenvalue weighted by molar-refractivity contribution is 0.413. The van der Waals surface area contributed by atoms with Crippen LogP contribution in [-0.4, -0.2) is 30.2 Å². The van der Waals surface area contributed by atoms with Crippen LogP contribution in [0.15, 0.2) is 6.33 Å². The van der Waals surface area contributed by atoms with Crippen LogP contribution in [0, 0.1) is 0 Å². The maximum atomic E-state index is 5.70. The smallest absolute Gasteiger partial charge is 0.204 e. The fraction of sp³-hybridized carbons (Fsp3) is 0.556. The Hall–Kier alpha value is -1.52. The van der Waals surface area contributed by atoms with Crippen molar-refractivity contribution in [3.05, 3.63) is 6.33 Å². The van der Waals surface area contributed by atoms with E-state index in [1.165, 1.54) is 19.2 Å². The minimum Gasteiger partial charge on any atom is -0.490 e. The number of hydrogen-bond donors (Lipinski definition) is 1. The van der Waals surface area contributed by atoms with Crippen molar-refractivity contribution in [1.29, 1.82) is 0 Å². The van der Waals surface area contributed by atoms with Gasteiger partial charge >= 0.3 is 0 Å². The van der Waals surface area contributed by atoms with Crippen LogP contribution in [0.4, 0.5) is 11.6 Å². The largest absolute Gasteiger partial charge is 0.490 e. The van der Waals surface area contributed by atoms with Crippen LogP contribution in [0.3, 0.4) is 0 Å². The van der Waals surface area contributed by atoms with Crippen LogP contribution in [0.1, 0.15) is 12.8 Å². The third kappa shape index (κ3) is 1.45. The molecule has 2 heterocycles. The Labute approximate surface area is 82.9 Å². The number of ether oxygens (including phenoxy) is 1. The Morgan fingerprint density at radius 2 is 2.07 bits per heavy atom. The topological polar surface area (TPSA) is 64.3 Å². The summed E-state index contributed by atoms with van der Waals surface area (Å²) < 4.78 is 5.20. The number of nitrogens with two attached hydrogens (primary N) is 1. The second-order valence-corrected chi connectivity index (χ2v) is 3.31. The van der Waals surface area contributed by atoms with Gasteiger partial charge in [0.25, 0.3) is 0 Å². The third-order valence-electron chi connectivity index (χ3n) is 2.42. The summed E-state index contributed by atoms with van der Waals surface area (Å²) in [5, 5.41) is 0. The molecule has 0 saturated carbocycles. The highest BCUT2D eigenvalue weighted by atomic mass is 16.5. The van der Waals surface area contributed by atoms with Crippen molar-refractivity contribution in [3.8, 4) is 5.75 Å². The van der Waals surface area contributed by atoms with E-state index in [-0.39, 0.29) is 0 Å². The number of nitrogens with zero attached hydrogens (tertiary/aromatic N) is 3. The lowest BCUT2D eigenvalue weighted by atomic mass is 10.4. The highest BCUT2D eigenvalue weighted by Gasteiger charge is 2.19. The zero-order valence-electron chi connectivity index (χ0n) is 8.23. The van der Waals surface area contributed by atoms with Gasteiger partial charge in [-0.15, -0.1) is 0 Å². The fourth-order valence-electron chi connectivity index (χ4n) is 1.73. The molecule has 1 aromatic heterocycles. The van der Waals surface area contributed by atoms with Crippen molar-refractivity contribution in [1.82, 2.24) is 9.97 Å². The van der Waals surface area contributed by atoms with Crippen LogP contribution in [0.5, 0.6) is 5.75 Å². The molecular formula is C9H14N4O. The number of hydrogen-bond acceptors (Lipinski definition) is 5. The van der Waals surface area contributed by atoms with Crippen LogP contribution in [0.2, 0.25) is 0 Å². The van der Waals surface area contributed by atoms with Gasteiger partial charge in [-0.1, -0.05) is 0 Å². The van der Waals surface area contributed by atoms with Gasteiger partial charge in [0.05, 0.1) is 7.11 Å². The summed E-state index contributed by atoms with van der Waals surface area (Å²) in [6.07, 6.45) is 3.88. The zero-order valence-corrected chi connectivity index (χ0v) is 8.23. The van der Waals surface area contributed by atoms with Crippen molar-refractivity contribution in [3.63, 3.8) is 0 Å². The van der Waals surface area contributed by atoms with E-state index in [4.69, 9.17) is 10.5 Å². The predicted octanol–water partition coefficient (Wildman–Crippen LogP) is 0.668. The number of rotatable bonds is 2. The summed E-state index contributed by atoms with van der Waals surface area (Å²) in [4.78, 5) is 10.3. The Morgan fingerprint density at radius 1 is 1.36 bits per heavy atom. The standard InChI is InChI=1S/C9H14N4O/c1-14-7-8(10)11-6-12-9(7)13-4-2-3-5-13/h6H,2-5H2,1H3,(H2,10,11,12). The van der Waals surface area contributed by atoms with Gasteiger partial charge in [0.2, 0.25) is 5.75 Å². The van der Waals surface area contributed by atoms with Gasteiger partial charge in [-0.2, -0.15) is 0 Å². The number of methoxy groups -OCH3 is 1. The molecule has 1 saturated heterocycles. The van der Waals surface area contributed by atoms with Crippen LogP contribution in [-0.2, 0) is 0 Å². The monoisotopic (exact) mass is 194 g/mol. The second kappa shape index (κ2) is 3.69. The minimum absolute atomic E-state index is 0.407. The number of nitrogen functional groups attached to an aromatic ring is 1. The summed E-state index contributed by atoms with van der Waals surface area (Å²) >= 11 is 0. The average molecular weight is 194 g/mol. The van der Waals surface area contributed by atoms with Crippen molar-refractivity contribution in [2.75, 3.05) is 30.8 Å². The van der Waals surface area contributed by atoms with E-state index in [9.17, 15) is 0 Å². The maximum absolute atomic E-state index is 5.70. The maximum Gasteiger partial charge on any atom is 0.204 e. The molecule has 2 rings (SSSR count). The second-order valence-electron chi connectivity index (χ2n) is 3.31. The lowest BCUT2D eigenvalue weighted by Crippen LogP contribution is -2.20. The molecule has 5 heteroatoms. The molecule has 0 aromatic carbocycles. The molecule has 0 amide bonds. The first-order valence-corrected chi connectivity index (χ1v) is 4.72. The molecule has 0 aliphatic carbocycles. The minimum atomic E-state index is 0.407. The normalized spacial score (nSPS) is 15.9. The van der Waals surface area contributed by atoms with E-state index in [1.807, 2.05) is 0 Å². The van der Waals surface area contributed by atoms with Crippen LogP contribution in [0.25, 0.3) is 0 Å². The fourth-order valence-corrected chi connectivity index (χ4v) is 1.73. The Morgan fingerprint density at radius 3 is 2.71 bits per heavy atom. The quantitative estimate of drug-likeness (QED) is 0.749. The molecule has 0 unspecified atom stereocenters. The van der Waals surface area contributed by atoms with Crippen LogP contribution >= 0.6 is 0 Å². The molecule has 1 aliphatic heterocycles. The van der Waals surface area contributed by atoms with Gasteiger partial charge in [-0.3, -0.25) is 0 Å². The molecule has 1 aromatic rings. The Kier molecular flexibility index (Phi) is 2.39. The molecule has 14 heavy (non-hydrogen) atoms. The summed E-state index contributed by atoms with van der Waals surface area (Å²) in [5.41, 5.74) is 5.70. The first-order valence-electron chi connectivity index (χ1n) is 4.72. The molecule has 0 spiro atoms. The van der Waals surface area contributed by atoms with E-state index in [2.05, 4.69) is 14.9 Å². The molecule has 0 radical (unpaired) electrons. The van der Waals surface area contributed by atoms with Gasteiger partial charge in [-0.05, 0) is 12.8 Å². The lowest BCUT2D eigenvalue weighted by Gasteiger charge is -2.19. The number of aromatic nitrogens is 2. The Balaban J connectivity index is 2.35. The molecule has 1 aliphatic rings. The summed E-state index contributed by atoms with van der Waals surface area (Å²) in [5.74, 6) is 1.82. The van der Waals surface area contributed by atoms with E-state index >= 15 is 0 Å². The summed E-state index contributed by atoms with van der Waals surface area (Å²) in [6.45, 7) is 2.04.